The molecule has 5 heteroatoms. The van der Waals surface area contributed by atoms with Crippen molar-refractivity contribution in [1.82, 2.24) is 4.90 Å². The van der Waals surface area contributed by atoms with Crippen molar-refractivity contribution in [1.29, 1.82) is 0 Å². The van der Waals surface area contributed by atoms with Crippen LogP contribution in [0.15, 0.2) is 18.2 Å². The van der Waals surface area contributed by atoms with Crippen LogP contribution in [0, 0.1) is 0 Å². The Kier molecular flexibility index (Phi) is 6.34. The van der Waals surface area contributed by atoms with Crippen LogP contribution < -0.4 is 0 Å². The van der Waals surface area contributed by atoms with Gasteiger partial charge in [-0.05, 0) is 50.6 Å². The molecular formula is C16H21Cl2NO2. The van der Waals surface area contributed by atoms with E-state index in [1.54, 1.807) is 6.07 Å². The first-order valence-electron chi connectivity index (χ1n) is 7.46. The predicted octanol–water partition coefficient (Wildman–Crippen LogP) is 4.47. The van der Waals surface area contributed by atoms with Gasteiger partial charge in [-0.25, -0.2) is 0 Å². The van der Waals surface area contributed by atoms with Gasteiger partial charge in [-0.3, -0.25) is 9.69 Å². The Morgan fingerprint density at radius 2 is 2.00 bits per heavy atom. The quantitative estimate of drug-likeness (QED) is 0.746. The molecule has 0 saturated carbocycles. The largest absolute Gasteiger partial charge is 0.466 e. The highest BCUT2D eigenvalue weighted by Crippen LogP contribution is 2.34. The number of likely N-dealkylation sites (tertiary alicyclic amines) is 1. The molecule has 0 amide bonds. The van der Waals surface area contributed by atoms with E-state index >= 15 is 0 Å². The lowest BCUT2D eigenvalue weighted by Crippen LogP contribution is -2.35. The summed E-state index contributed by atoms with van der Waals surface area (Å²) < 4.78 is 5.11. The Hall–Kier alpha value is -0.770. The number of ether oxygens (including phenoxy) is 1. The molecule has 1 aliphatic heterocycles. The maximum absolute atomic E-state index is 11.9. The molecule has 2 rings (SSSR count). The molecule has 1 heterocycles. The van der Waals surface area contributed by atoms with Gasteiger partial charge in [-0.2, -0.15) is 0 Å². The molecule has 1 atom stereocenters. The second kappa shape index (κ2) is 8.02. The van der Waals surface area contributed by atoms with Crippen LogP contribution in [0.4, 0.5) is 0 Å². The fourth-order valence-corrected chi connectivity index (χ4v) is 3.35. The van der Waals surface area contributed by atoms with E-state index < -0.39 is 0 Å². The van der Waals surface area contributed by atoms with E-state index in [1.807, 2.05) is 19.1 Å². The van der Waals surface area contributed by atoms with Gasteiger partial charge >= 0.3 is 5.97 Å². The summed E-state index contributed by atoms with van der Waals surface area (Å²) in [6.45, 7) is 4.20. The number of hydrogen-bond donors (Lipinski definition) is 0. The highest BCUT2D eigenvalue weighted by atomic mass is 35.5. The van der Waals surface area contributed by atoms with Crippen molar-refractivity contribution in [2.45, 2.75) is 38.6 Å². The molecule has 0 bridgehead atoms. The molecule has 1 aliphatic rings. The Morgan fingerprint density at radius 1 is 1.29 bits per heavy atom. The van der Waals surface area contributed by atoms with E-state index in [4.69, 9.17) is 27.9 Å². The summed E-state index contributed by atoms with van der Waals surface area (Å²) in [6.07, 6.45) is 3.89. The lowest BCUT2D eigenvalue weighted by Gasteiger charge is -2.34. The van der Waals surface area contributed by atoms with Crippen LogP contribution in [0.2, 0.25) is 10.0 Å². The van der Waals surface area contributed by atoms with Gasteiger partial charge in [-0.1, -0.05) is 35.7 Å². The molecule has 1 saturated heterocycles. The number of nitrogens with zero attached hydrogens (tertiary/aromatic N) is 1. The van der Waals surface area contributed by atoms with Gasteiger partial charge in [0.1, 0.15) is 0 Å². The van der Waals surface area contributed by atoms with Crippen molar-refractivity contribution in [3.05, 3.63) is 33.8 Å². The molecule has 0 radical (unpaired) electrons. The summed E-state index contributed by atoms with van der Waals surface area (Å²) in [5, 5.41) is 1.22. The van der Waals surface area contributed by atoms with Crippen LogP contribution in [-0.4, -0.2) is 30.6 Å². The number of esters is 1. The van der Waals surface area contributed by atoms with Crippen molar-refractivity contribution < 1.29 is 9.53 Å². The molecule has 1 unspecified atom stereocenters. The molecule has 21 heavy (non-hydrogen) atoms. The Morgan fingerprint density at radius 3 is 2.62 bits per heavy atom. The fraction of sp³-hybridized carbons (Fsp3) is 0.562. The van der Waals surface area contributed by atoms with Gasteiger partial charge in [0.05, 0.1) is 13.0 Å². The van der Waals surface area contributed by atoms with E-state index in [0.29, 0.717) is 23.1 Å². The van der Waals surface area contributed by atoms with Crippen molar-refractivity contribution in [2.75, 3.05) is 19.7 Å². The third-order valence-electron chi connectivity index (χ3n) is 3.82. The van der Waals surface area contributed by atoms with Gasteiger partial charge < -0.3 is 4.74 Å². The number of benzene rings is 1. The standard InChI is InChI=1S/C16H21Cl2NO2/c1-2-21-16(20)11-15(19-8-4-3-5-9-19)13-7-6-12(17)10-14(13)18/h6-7,10,15H,2-5,8-9,11H2,1H3. The second-order valence-electron chi connectivity index (χ2n) is 5.29. The van der Waals surface area contributed by atoms with Gasteiger partial charge in [0, 0.05) is 16.1 Å². The van der Waals surface area contributed by atoms with Crippen LogP contribution in [0.3, 0.4) is 0 Å². The zero-order chi connectivity index (χ0) is 15.2. The van der Waals surface area contributed by atoms with Gasteiger partial charge in [0.15, 0.2) is 0 Å². The highest BCUT2D eigenvalue weighted by molar-refractivity contribution is 6.35. The molecular weight excluding hydrogens is 309 g/mol. The Balaban J connectivity index is 2.23. The maximum Gasteiger partial charge on any atom is 0.307 e. The minimum atomic E-state index is -0.181. The Bertz CT molecular complexity index is 487. The number of carbonyl (C=O) groups is 1. The van der Waals surface area contributed by atoms with Crippen molar-refractivity contribution in [2.24, 2.45) is 0 Å². The van der Waals surface area contributed by atoms with E-state index in [9.17, 15) is 4.79 Å². The minimum Gasteiger partial charge on any atom is -0.466 e. The molecule has 0 N–H and O–H groups in total. The summed E-state index contributed by atoms with van der Waals surface area (Å²) in [5.74, 6) is -0.181. The van der Waals surface area contributed by atoms with Crippen LogP contribution in [0.25, 0.3) is 0 Å². The molecule has 1 aromatic carbocycles. The first-order valence-corrected chi connectivity index (χ1v) is 8.22. The molecule has 1 aromatic rings. The number of hydrogen-bond acceptors (Lipinski definition) is 3. The summed E-state index contributed by atoms with van der Waals surface area (Å²) >= 11 is 12.3. The molecule has 0 spiro atoms. The lowest BCUT2D eigenvalue weighted by atomic mass is 9.99. The first kappa shape index (κ1) is 16.6. The lowest BCUT2D eigenvalue weighted by molar-refractivity contribution is -0.144. The first-order chi connectivity index (χ1) is 10.1. The smallest absolute Gasteiger partial charge is 0.307 e. The van der Waals surface area contributed by atoms with E-state index in [1.165, 1.54) is 6.42 Å². The van der Waals surface area contributed by atoms with Gasteiger partial charge in [0.25, 0.3) is 0 Å². The van der Waals surface area contributed by atoms with Crippen molar-refractivity contribution in [3.63, 3.8) is 0 Å². The van der Waals surface area contributed by atoms with Gasteiger partial charge in [0.2, 0.25) is 0 Å². The maximum atomic E-state index is 11.9. The van der Waals surface area contributed by atoms with E-state index in [2.05, 4.69) is 4.90 Å². The zero-order valence-corrected chi connectivity index (χ0v) is 13.8. The number of carbonyl (C=O) groups excluding carboxylic acids is 1. The van der Waals surface area contributed by atoms with Crippen LogP contribution in [0.1, 0.15) is 44.2 Å². The normalized spacial score (nSPS) is 17.5. The summed E-state index contributed by atoms with van der Waals surface area (Å²) in [4.78, 5) is 14.3. The topological polar surface area (TPSA) is 29.5 Å². The molecule has 116 valence electrons. The number of rotatable bonds is 5. The summed E-state index contributed by atoms with van der Waals surface area (Å²) in [7, 11) is 0. The van der Waals surface area contributed by atoms with Crippen LogP contribution >= 0.6 is 23.2 Å². The highest BCUT2D eigenvalue weighted by Gasteiger charge is 2.27. The van der Waals surface area contributed by atoms with E-state index in [0.717, 1.165) is 31.5 Å². The summed E-state index contributed by atoms with van der Waals surface area (Å²) in [5.41, 5.74) is 0.955. The van der Waals surface area contributed by atoms with Crippen LogP contribution in [-0.2, 0) is 9.53 Å². The second-order valence-corrected chi connectivity index (χ2v) is 6.13. The molecule has 0 aliphatic carbocycles. The average Bonchev–Trinajstić information content (AvgIpc) is 2.47. The van der Waals surface area contributed by atoms with Crippen molar-refractivity contribution >= 4 is 29.2 Å². The SMILES string of the molecule is CCOC(=O)CC(c1ccc(Cl)cc1Cl)N1CCCCC1. The molecule has 3 nitrogen and oxygen atoms in total. The monoisotopic (exact) mass is 329 g/mol. The van der Waals surface area contributed by atoms with Crippen LogP contribution in [0.5, 0.6) is 0 Å². The average molecular weight is 330 g/mol. The summed E-state index contributed by atoms with van der Waals surface area (Å²) in [6, 6.07) is 5.45. The van der Waals surface area contributed by atoms with Gasteiger partial charge in [-0.15, -0.1) is 0 Å². The fourth-order valence-electron chi connectivity index (χ4n) is 2.82. The van der Waals surface area contributed by atoms with E-state index in [-0.39, 0.29) is 12.0 Å². The minimum absolute atomic E-state index is 0.0332. The molecule has 1 fully saturated rings. The predicted molar refractivity (Wildman–Crippen MR) is 85.9 cm³/mol. The number of halogens is 2. The third kappa shape index (κ3) is 4.60. The van der Waals surface area contributed by atoms with Crippen molar-refractivity contribution in [3.8, 4) is 0 Å². The Labute approximate surface area is 136 Å². The molecule has 0 aromatic heterocycles. The third-order valence-corrected chi connectivity index (χ3v) is 4.38. The number of piperidine rings is 1. The zero-order valence-electron chi connectivity index (χ0n) is 12.3.